The molecule has 0 amide bonds. The fraction of sp³-hybridized carbons (Fsp3) is 0.143. The zero-order valence-electron chi connectivity index (χ0n) is 10.4. The molecule has 0 atom stereocenters. The Bertz CT molecular complexity index is 614. The summed E-state index contributed by atoms with van der Waals surface area (Å²) < 4.78 is 18.6. The Balaban J connectivity index is 2.49. The molecule has 0 saturated heterocycles. The molecule has 0 bridgehead atoms. The van der Waals surface area contributed by atoms with E-state index in [1.807, 2.05) is 0 Å². The molecule has 2 N–H and O–H groups in total. The third-order valence-corrected chi connectivity index (χ3v) is 2.59. The predicted molar refractivity (Wildman–Crippen MR) is 70.0 cm³/mol. The standard InChI is InChI=1S/C14H13FN2O2/c1-2-19-14(18)9-7-11(13(16)17-8-9)10-5-3-4-6-12(10)15/h3-8H,2H2,1H3,(H2,16,17). The first-order valence-electron chi connectivity index (χ1n) is 5.81. The number of carbonyl (C=O) groups excluding carboxylic acids is 1. The number of benzene rings is 1. The third kappa shape index (κ3) is 2.70. The number of halogens is 1. The second kappa shape index (κ2) is 5.48. The highest BCUT2D eigenvalue weighted by Gasteiger charge is 2.13. The van der Waals surface area contributed by atoms with Gasteiger partial charge in [0, 0.05) is 17.3 Å². The van der Waals surface area contributed by atoms with Crippen LogP contribution >= 0.6 is 0 Å². The highest BCUT2D eigenvalue weighted by molar-refractivity contribution is 5.92. The molecule has 1 heterocycles. The number of nitrogen functional groups attached to an aromatic ring is 1. The molecular formula is C14H13FN2O2. The van der Waals surface area contributed by atoms with Crippen LogP contribution in [0.2, 0.25) is 0 Å². The van der Waals surface area contributed by atoms with Crippen LogP contribution in [0.5, 0.6) is 0 Å². The van der Waals surface area contributed by atoms with Gasteiger partial charge in [0.15, 0.2) is 0 Å². The van der Waals surface area contributed by atoms with Crippen molar-refractivity contribution in [1.29, 1.82) is 0 Å². The molecule has 2 aromatic rings. The lowest BCUT2D eigenvalue weighted by Crippen LogP contribution is -2.07. The average Bonchev–Trinajstić information content (AvgIpc) is 2.40. The van der Waals surface area contributed by atoms with Crippen LogP contribution in [-0.2, 0) is 4.74 Å². The molecule has 0 unspecified atom stereocenters. The number of carbonyl (C=O) groups is 1. The fourth-order valence-corrected chi connectivity index (χ4v) is 1.70. The number of pyridine rings is 1. The van der Waals surface area contributed by atoms with Gasteiger partial charge in [-0.1, -0.05) is 18.2 Å². The van der Waals surface area contributed by atoms with Gasteiger partial charge >= 0.3 is 5.97 Å². The van der Waals surface area contributed by atoms with Gasteiger partial charge in [-0.2, -0.15) is 0 Å². The van der Waals surface area contributed by atoms with Gasteiger partial charge in [0.25, 0.3) is 0 Å². The summed E-state index contributed by atoms with van der Waals surface area (Å²) >= 11 is 0. The summed E-state index contributed by atoms with van der Waals surface area (Å²) in [7, 11) is 0. The summed E-state index contributed by atoms with van der Waals surface area (Å²) in [4.78, 5) is 15.5. The molecule has 98 valence electrons. The van der Waals surface area contributed by atoms with Crippen LogP contribution in [0, 0.1) is 5.82 Å². The molecule has 0 spiro atoms. The first-order chi connectivity index (χ1) is 9.13. The number of hydrogen-bond donors (Lipinski definition) is 1. The van der Waals surface area contributed by atoms with E-state index in [-0.39, 0.29) is 18.0 Å². The van der Waals surface area contributed by atoms with Crippen LogP contribution < -0.4 is 5.73 Å². The number of rotatable bonds is 3. The van der Waals surface area contributed by atoms with Crippen molar-refractivity contribution < 1.29 is 13.9 Å². The van der Waals surface area contributed by atoms with Crippen molar-refractivity contribution in [2.24, 2.45) is 0 Å². The molecule has 5 heteroatoms. The van der Waals surface area contributed by atoms with Gasteiger partial charge in [-0.05, 0) is 19.1 Å². The molecule has 1 aromatic carbocycles. The lowest BCUT2D eigenvalue weighted by atomic mass is 10.0. The van der Waals surface area contributed by atoms with Crippen molar-refractivity contribution >= 4 is 11.8 Å². The molecule has 0 aliphatic heterocycles. The molecular weight excluding hydrogens is 247 g/mol. The average molecular weight is 260 g/mol. The molecule has 1 aromatic heterocycles. The summed E-state index contributed by atoms with van der Waals surface area (Å²) in [5.41, 5.74) is 6.66. The first kappa shape index (κ1) is 13.0. The Hall–Kier alpha value is -2.43. The van der Waals surface area contributed by atoms with E-state index in [2.05, 4.69) is 4.98 Å². The van der Waals surface area contributed by atoms with Crippen molar-refractivity contribution in [3.8, 4) is 11.1 Å². The van der Waals surface area contributed by atoms with Gasteiger partial charge in [0.05, 0.1) is 12.2 Å². The Labute approximate surface area is 110 Å². The topological polar surface area (TPSA) is 65.2 Å². The monoisotopic (exact) mass is 260 g/mol. The highest BCUT2D eigenvalue weighted by atomic mass is 19.1. The predicted octanol–water partition coefficient (Wildman–Crippen LogP) is 2.65. The van der Waals surface area contributed by atoms with E-state index >= 15 is 0 Å². The summed E-state index contributed by atoms with van der Waals surface area (Å²) in [5, 5.41) is 0. The van der Waals surface area contributed by atoms with Gasteiger partial charge in [-0.3, -0.25) is 0 Å². The van der Waals surface area contributed by atoms with E-state index in [4.69, 9.17) is 10.5 Å². The number of esters is 1. The molecule has 0 saturated carbocycles. The summed E-state index contributed by atoms with van der Waals surface area (Å²) in [6.45, 7) is 1.97. The minimum atomic E-state index is -0.507. The zero-order valence-corrected chi connectivity index (χ0v) is 10.4. The minimum Gasteiger partial charge on any atom is -0.462 e. The summed E-state index contributed by atoms with van der Waals surface area (Å²) in [6.07, 6.45) is 1.32. The van der Waals surface area contributed by atoms with Crippen molar-refractivity contribution in [2.45, 2.75) is 6.92 Å². The molecule has 0 aliphatic rings. The summed E-state index contributed by atoms with van der Waals surface area (Å²) in [6, 6.07) is 7.66. The molecule has 0 aliphatic carbocycles. The van der Waals surface area contributed by atoms with Gasteiger partial charge in [0.1, 0.15) is 11.6 Å². The van der Waals surface area contributed by atoms with Gasteiger partial charge in [0.2, 0.25) is 0 Å². The van der Waals surface area contributed by atoms with Gasteiger partial charge in [-0.25, -0.2) is 14.2 Å². The van der Waals surface area contributed by atoms with Crippen LogP contribution in [0.3, 0.4) is 0 Å². The lowest BCUT2D eigenvalue weighted by molar-refractivity contribution is 0.0526. The number of hydrogen-bond acceptors (Lipinski definition) is 4. The zero-order chi connectivity index (χ0) is 13.8. The highest BCUT2D eigenvalue weighted by Crippen LogP contribution is 2.27. The Morgan fingerprint density at radius 3 is 2.79 bits per heavy atom. The number of aromatic nitrogens is 1. The maximum absolute atomic E-state index is 13.7. The quantitative estimate of drug-likeness (QED) is 0.861. The second-order valence-corrected chi connectivity index (χ2v) is 3.86. The number of nitrogens with zero attached hydrogens (tertiary/aromatic N) is 1. The van der Waals surface area contributed by atoms with E-state index in [1.54, 1.807) is 25.1 Å². The number of nitrogens with two attached hydrogens (primary N) is 1. The largest absolute Gasteiger partial charge is 0.462 e. The van der Waals surface area contributed by atoms with E-state index in [0.29, 0.717) is 11.1 Å². The van der Waals surface area contributed by atoms with Crippen LogP contribution in [0.25, 0.3) is 11.1 Å². The van der Waals surface area contributed by atoms with E-state index in [1.165, 1.54) is 18.3 Å². The third-order valence-electron chi connectivity index (χ3n) is 2.59. The normalized spacial score (nSPS) is 10.2. The SMILES string of the molecule is CCOC(=O)c1cnc(N)c(-c2ccccc2F)c1. The van der Waals surface area contributed by atoms with Gasteiger partial charge < -0.3 is 10.5 Å². The Kier molecular flexibility index (Phi) is 3.75. The Morgan fingerprint density at radius 1 is 1.37 bits per heavy atom. The minimum absolute atomic E-state index is 0.165. The van der Waals surface area contributed by atoms with Crippen LogP contribution in [0.4, 0.5) is 10.2 Å². The second-order valence-electron chi connectivity index (χ2n) is 3.86. The number of ether oxygens (including phenoxy) is 1. The Morgan fingerprint density at radius 2 is 2.11 bits per heavy atom. The van der Waals surface area contributed by atoms with Crippen LogP contribution in [0.1, 0.15) is 17.3 Å². The molecule has 19 heavy (non-hydrogen) atoms. The van der Waals surface area contributed by atoms with Crippen molar-refractivity contribution in [1.82, 2.24) is 4.98 Å². The maximum Gasteiger partial charge on any atom is 0.339 e. The maximum atomic E-state index is 13.7. The van der Waals surface area contributed by atoms with E-state index in [0.717, 1.165) is 0 Å². The van der Waals surface area contributed by atoms with E-state index < -0.39 is 11.8 Å². The van der Waals surface area contributed by atoms with E-state index in [9.17, 15) is 9.18 Å². The van der Waals surface area contributed by atoms with Gasteiger partial charge in [-0.15, -0.1) is 0 Å². The van der Waals surface area contributed by atoms with Crippen molar-refractivity contribution in [3.63, 3.8) is 0 Å². The fourth-order valence-electron chi connectivity index (χ4n) is 1.70. The first-order valence-corrected chi connectivity index (χ1v) is 5.81. The molecule has 0 radical (unpaired) electrons. The van der Waals surface area contributed by atoms with Crippen molar-refractivity contribution in [3.05, 3.63) is 47.9 Å². The lowest BCUT2D eigenvalue weighted by Gasteiger charge is -2.08. The van der Waals surface area contributed by atoms with Crippen LogP contribution in [0.15, 0.2) is 36.5 Å². The molecule has 0 fully saturated rings. The molecule has 4 nitrogen and oxygen atoms in total. The summed E-state index contributed by atoms with van der Waals surface area (Å²) in [5.74, 6) is -0.761. The smallest absolute Gasteiger partial charge is 0.339 e. The van der Waals surface area contributed by atoms with Crippen LogP contribution in [-0.4, -0.2) is 17.6 Å². The van der Waals surface area contributed by atoms with Crippen molar-refractivity contribution in [2.75, 3.05) is 12.3 Å². The molecule has 2 rings (SSSR count). The number of anilines is 1.